The maximum atomic E-state index is 11.6. The Bertz CT molecular complexity index is 435. The molecular formula is C12H17N3O3S. The van der Waals surface area contributed by atoms with Gasteiger partial charge in [-0.3, -0.25) is 25.3 Å². The summed E-state index contributed by atoms with van der Waals surface area (Å²) in [5, 5.41) is 11.3. The number of β-amino-alcohol motifs (C(OH)–C–C–N with tert-alkyl or cyclic N) is 1. The number of likely N-dealkylation sites (tertiary alicyclic amines) is 1. The molecule has 0 radical (unpaired) electrons. The summed E-state index contributed by atoms with van der Waals surface area (Å²) in [6.45, 7) is 1.48. The van der Waals surface area contributed by atoms with Crippen molar-refractivity contribution in [1.82, 2.24) is 15.8 Å². The Hall–Kier alpha value is -1.44. The van der Waals surface area contributed by atoms with Crippen LogP contribution in [-0.2, 0) is 4.79 Å². The number of thiophene rings is 1. The minimum atomic E-state index is -0.359. The standard InChI is InChI=1S/C12H17N3O3S/c16-9-3-1-5-15(7-9)8-11(17)13-14-12(18)10-4-2-6-19-10/h2,4,6,9,16H,1,3,5,7-8H2,(H,13,17)(H,14,18)/t9-/m0/s1. The van der Waals surface area contributed by atoms with Gasteiger partial charge in [0, 0.05) is 6.54 Å². The average Bonchev–Trinajstić information content (AvgIpc) is 2.90. The molecule has 0 spiro atoms. The van der Waals surface area contributed by atoms with Gasteiger partial charge in [-0.15, -0.1) is 11.3 Å². The summed E-state index contributed by atoms with van der Waals surface area (Å²) in [5.41, 5.74) is 4.75. The molecule has 104 valence electrons. The zero-order chi connectivity index (χ0) is 13.7. The molecule has 1 fully saturated rings. The van der Waals surface area contributed by atoms with Gasteiger partial charge in [0.1, 0.15) is 0 Å². The summed E-state index contributed by atoms with van der Waals surface area (Å²) in [7, 11) is 0. The number of hydrogen-bond donors (Lipinski definition) is 3. The molecule has 0 unspecified atom stereocenters. The van der Waals surface area contributed by atoms with Crippen molar-refractivity contribution >= 4 is 23.2 Å². The molecule has 1 aliphatic rings. The predicted molar refractivity (Wildman–Crippen MR) is 71.6 cm³/mol. The smallest absolute Gasteiger partial charge is 0.279 e. The number of nitrogens with one attached hydrogen (secondary N) is 2. The molecule has 6 nitrogen and oxygen atoms in total. The van der Waals surface area contributed by atoms with Crippen LogP contribution in [0.1, 0.15) is 22.5 Å². The monoisotopic (exact) mass is 283 g/mol. The summed E-state index contributed by atoms with van der Waals surface area (Å²) in [6, 6.07) is 3.46. The Labute approximate surface area is 115 Å². The number of aliphatic hydroxyl groups excluding tert-OH is 1. The largest absolute Gasteiger partial charge is 0.392 e. The third kappa shape index (κ3) is 4.30. The lowest BCUT2D eigenvalue weighted by atomic mass is 10.1. The second kappa shape index (κ2) is 6.65. The van der Waals surface area contributed by atoms with Crippen LogP contribution in [-0.4, -0.2) is 47.6 Å². The first kappa shape index (κ1) is 14.0. The highest BCUT2D eigenvalue weighted by Gasteiger charge is 2.19. The van der Waals surface area contributed by atoms with E-state index in [-0.39, 0.29) is 24.5 Å². The van der Waals surface area contributed by atoms with Crippen LogP contribution in [0, 0.1) is 0 Å². The summed E-state index contributed by atoms with van der Waals surface area (Å²) in [4.78, 5) is 25.7. The van der Waals surface area contributed by atoms with Crippen molar-refractivity contribution in [2.75, 3.05) is 19.6 Å². The lowest BCUT2D eigenvalue weighted by Gasteiger charge is -2.29. The number of nitrogens with zero attached hydrogens (tertiary/aromatic N) is 1. The van der Waals surface area contributed by atoms with Crippen molar-refractivity contribution < 1.29 is 14.7 Å². The van der Waals surface area contributed by atoms with Crippen LogP contribution in [0.3, 0.4) is 0 Å². The van der Waals surface area contributed by atoms with Crippen LogP contribution in [0.4, 0.5) is 0 Å². The average molecular weight is 283 g/mol. The second-order valence-corrected chi connectivity index (χ2v) is 5.46. The van der Waals surface area contributed by atoms with Gasteiger partial charge in [-0.25, -0.2) is 0 Å². The van der Waals surface area contributed by atoms with Crippen LogP contribution in [0.2, 0.25) is 0 Å². The van der Waals surface area contributed by atoms with Crippen molar-refractivity contribution in [3.05, 3.63) is 22.4 Å². The minimum absolute atomic E-state index is 0.182. The molecule has 0 aromatic carbocycles. The SMILES string of the molecule is O=C(CN1CCC[C@H](O)C1)NNC(=O)c1cccs1. The van der Waals surface area contributed by atoms with Gasteiger partial charge in [0.25, 0.3) is 11.8 Å². The summed E-state index contributed by atoms with van der Waals surface area (Å²) >= 11 is 1.31. The minimum Gasteiger partial charge on any atom is -0.392 e. The molecule has 1 atom stereocenters. The molecule has 0 aliphatic carbocycles. The van der Waals surface area contributed by atoms with Gasteiger partial charge in [-0.1, -0.05) is 6.07 Å². The zero-order valence-corrected chi connectivity index (χ0v) is 11.3. The number of carbonyl (C=O) groups excluding carboxylic acids is 2. The zero-order valence-electron chi connectivity index (χ0n) is 10.5. The highest BCUT2D eigenvalue weighted by atomic mass is 32.1. The molecule has 7 heteroatoms. The lowest BCUT2D eigenvalue weighted by molar-refractivity contribution is -0.123. The fourth-order valence-electron chi connectivity index (χ4n) is 2.01. The van der Waals surface area contributed by atoms with E-state index >= 15 is 0 Å². The first-order valence-corrected chi connectivity index (χ1v) is 7.06. The molecule has 1 saturated heterocycles. The third-order valence-electron chi connectivity index (χ3n) is 2.91. The predicted octanol–water partition coefficient (Wildman–Crippen LogP) is -0.0342. The van der Waals surface area contributed by atoms with Gasteiger partial charge in [0.15, 0.2) is 0 Å². The van der Waals surface area contributed by atoms with Gasteiger partial charge in [-0.05, 0) is 30.8 Å². The molecular weight excluding hydrogens is 266 g/mol. The van der Waals surface area contributed by atoms with E-state index in [0.29, 0.717) is 11.4 Å². The van der Waals surface area contributed by atoms with Gasteiger partial charge >= 0.3 is 0 Å². The molecule has 1 aliphatic heterocycles. The van der Waals surface area contributed by atoms with E-state index in [2.05, 4.69) is 10.9 Å². The third-order valence-corrected chi connectivity index (χ3v) is 3.78. The highest BCUT2D eigenvalue weighted by Crippen LogP contribution is 2.09. The molecule has 2 heterocycles. The Balaban J connectivity index is 1.71. The Kier molecular flexibility index (Phi) is 4.89. The number of carbonyl (C=O) groups is 2. The van der Waals surface area contributed by atoms with Gasteiger partial charge in [0.05, 0.1) is 17.5 Å². The van der Waals surface area contributed by atoms with Crippen LogP contribution in [0.5, 0.6) is 0 Å². The maximum Gasteiger partial charge on any atom is 0.279 e. The van der Waals surface area contributed by atoms with E-state index in [1.54, 1.807) is 17.5 Å². The number of amides is 2. The van der Waals surface area contributed by atoms with E-state index < -0.39 is 0 Å². The molecule has 19 heavy (non-hydrogen) atoms. The van der Waals surface area contributed by atoms with Gasteiger partial charge < -0.3 is 5.11 Å². The number of hydrogen-bond acceptors (Lipinski definition) is 5. The second-order valence-electron chi connectivity index (χ2n) is 4.51. The molecule has 3 N–H and O–H groups in total. The topological polar surface area (TPSA) is 81.7 Å². The van der Waals surface area contributed by atoms with Crippen LogP contribution >= 0.6 is 11.3 Å². The number of aliphatic hydroxyl groups is 1. The van der Waals surface area contributed by atoms with Crippen LogP contribution in [0.15, 0.2) is 17.5 Å². The van der Waals surface area contributed by atoms with Crippen molar-refractivity contribution in [3.8, 4) is 0 Å². The summed E-state index contributed by atoms with van der Waals surface area (Å²) in [5.74, 6) is -0.596. The molecule has 0 bridgehead atoms. The Morgan fingerprint density at radius 3 is 3.00 bits per heavy atom. The molecule has 0 saturated carbocycles. The van der Waals surface area contributed by atoms with Crippen molar-refractivity contribution in [2.24, 2.45) is 0 Å². The van der Waals surface area contributed by atoms with Gasteiger partial charge in [0.2, 0.25) is 0 Å². The van der Waals surface area contributed by atoms with E-state index in [9.17, 15) is 14.7 Å². The van der Waals surface area contributed by atoms with Crippen molar-refractivity contribution in [1.29, 1.82) is 0 Å². The van der Waals surface area contributed by atoms with E-state index in [4.69, 9.17) is 0 Å². The van der Waals surface area contributed by atoms with Gasteiger partial charge in [-0.2, -0.15) is 0 Å². The number of piperidine rings is 1. The maximum absolute atomic E-state index is 11.6. The Morgan fingerprint density at radius 1 is 1.47 bits per heavy atom. The number of rotatable bonds is 3. The van der Waals surface area contributed by atoms with Crippen LogP contribution in [0.25, 0.3) is 0 Å². The molecule has 1 aromatic rings. The molecule has 2 amide bonds. The normalized spacial score (nSPS) is 19.9. The first-order valence-electron chi connectivity index (χ1n) is 6.18. The fraction of sp³-hybridized carbons (Fsp3) is 0.500. The quantitative estimate of drug-likeness (QED) is 0.680. The molecule has 2 rings (SSSR count). The molecule has 1 aromatic heterocycles. The van der Waals surface area contributed by atoms with Crippen LogP contribution < -0.4 is 10.9 Å². The van der Waals surface area contributed by atoms with Crippen molar-refractivity contribution in [3.63, 3.8) is 0 Å². The highest BCUT2D eigenvalue weighted by molar-refractivity contribution is 7.12. The Morgan fingerprint density at radius 2 is 2.32 bits per heavy atom. The summed E-state index contributed by atoms with van der Waals surface area (Å²) < 4.78 is 0. The van der Waals surface area contributed by atoms with E-state index in [1.807, 2.05) is 4.90 Å². The first-order chi connectivity index (χ1) is 9.15. The number of hydrazine groups is 1. The lowest BCUT2D eigenvalue weighted by Crippen LogP contribution is -2.48. The fourth-order valence-corrected chi connectivity index (χ4v) is 2.63. The summed E-state index contributed by atoms with van der Waals surface area (Å²) in [6.07, 6.45) is 1.31. The van der Waals surface area contributed by atoms with Crippen molar-refractivity contribution in [2.45, 2.75) is 18.9 Å². The van der Waals surface area contributed by atoms with E-state index in [1.165, 1.54) is 11.3 Å². The van der Waals surface area contributed by atoms with E-state index in [0.717, 1.165) is 19.4 Å².